The first-order valence-electron chi connectivity index (χ1n) is 7.21. The fraction of sp³-hybridized carbons (Fsp3) is 0.867. The topological polar surface area (TPSA) is 74.6 Å². The highest BCUT2D eigenvalue weighted by Crippen LogP contribution is 2.72. The van der Waals surface area contributed by atoms with E-state index >= 15 is 0 Å². The number of carbonyl (C=O) groups is 2. The molecule has 0 aromatic heterocycles. The maximum atomic E-state index is 12.2. The third-order valence-corrected chi connectivity index (χ3v) is 6.30. The molecular weight excluding hydrogens is 244 g/mol. The molecule has 0 radical (unpaired) electrons. The summed E-state index contributed by atoms with van der Waals surface area (Å²) in [5.74, 6) is -1.01. The van der Waals surface area contributed by atoms with Gasteiger partial charge in [0.15, 0.2) is 0 Å². The van der Waals surface area contributed by atoms with Crippen LogP contribution < -0.4 is 0 Å². The van der Waals surface area contributed by atoms with Gasteiger partial charge in [-0.15, -0.1) is 0 Å². The van der Waals surface area contributed by atoms with Gasteiger partial charge in [0.25, 0.3) is 0 Å². The van der Waals surface area contributed by atoms with Crippen molar-refractivity contribution in [3.05, 3.63) is 0 Å². The molecule has 0 aromatic carbocycles. The van der Waals surface area contributed by atoms with Crippen LogP contribution in [0.15, 0.2) is 0 Å². The number of aliphatic hydroxyl groups excluding tert-OH is 1. The molecular formula is C15H22O4. The summed E-state index contributed by atoms with van der Waals surface area (Å²) in [5.41, 5.74) is -0.396. The van der Waals surface area contributed by atoms with Gasteiger partial charge in [-0.05, 0) is 41.9 Å². The molecule has 0 aliphatic heterocycles. The minimum absolute atomic E-state index is 0.0844. The Kier molecular flexibility index (Phi) is 2.63. The number of hydrogen-bond donors (Lipinski definition) is 2. The van der Waals surface area contributed by atoms with Crippen molar-refractivity contribution in [2.45, 2.75) is 39.5 Å². The number of aliphatic hydroxyl groups is 1. The Bertz CT molecular complexity index is 441. The van der Waals surface area contributed by atoms with E-state index in [1.807, 2.05) is 0 Å². The Balaban J connectivity index is 2.13. The van der Waals surface area contributed by atoms with Crippen molar-refractivity contribution in [1.29, 1.82) is 0 Å². The molecule has 2 bridgehead atoms. The predicted molar refractivity (Wildman–Crippen MR) is 68.4 cm³/mol. The van der Waals surface area contributed by atoms with E-state index in [-0.39, 0.29) is 23.7 Å². The molecule has 2 N–H and O–H groups in total. The van der Waals surface area contributed by atoms with E-state index < -0.39 is 23.2 Å². The zero-order valence-electron chi connectivity index (χ0n) is 11.6. The van der Waals surface area contributed by atoms with Gasteiger partial charge in [0.1, 0.15) is 5.78 Å². The van der Waals surface area contributed by atoms with Gasteiger partial charge in [-0.1, -0.05) is 13.8 Å². The minimum atomic E-state index is -0.783. The molecule has 0 unspecified atom stereocenters. The van der Waals surface area contributed by atoms with Crippen molar-refractivity contribution in [3.8, 4) is 0 Å². The van der Waals surface area contributed by atoms with E-state index in [9.17, 15) is 19.8 Å². The van der Waals surface area contributed by atoms with Crippen molar-refractivity contribution in [1.82, 2.24) is 0 Å². The number of hydrogen-bond acceptors (Lipinski definition) is 3. The summed E-state index contributed by atoms with van der Waals surface area (Å²) in [6.45, 7) is 4.20. The second-order valence-electron chi connectivity index (χ2n) is 7.36. The van der Waals surface area contributed by atoms with E-state index in [1.165, 1.54) is 0 Å². The number of carbonyl (C=O) groups excluding carboxylic acids is 1. The number of aliphatic carboxylic acids is 1. The summed E-state index contributed by atoms with van der Waals surface area (Å²) < 4.78 is 0. The fourth-order valence-corrected chi connectivity index (χ4v) is 5.80. The monoisotopic (exact) mass is 266 g/mol. The van der Waals surface area contributed by atoms with Crippen molar-refractivity contribution >= 4 is 11.8 Å². The standard InChI is InChI=1S/C15H22O4/c1-14(2)7-15-9(13(18)19)4-3-8(14)10(15)5-12(17)11(15)6-16/h8-11,16H,3-7H2,1-2H3,(H,18,19)/t8-,9+,10-,11-,15-/m1/s1. The van der Waals surface area contributed by atoms with Gasteiger partial charge in [0.2, 0.25) is 0 Å². The molecule has 0 amide bonds. The maximum Gasteiger partial charge on any atom is 0.307 e. The van der Waals surface area contributed by atoms with Crippen LogP contribution in [0.5, 0.6) is 0 Å². The Morgan fingerprint density at radius 2 is 2.00 bits per heavy atom. The van der Waals surface area contributed by atoms with Gasteiger partial charge in [0, 0.05) is 12.3 Å². The number of carboxylic acids is 1. The quantitative estimate of drug-likeness (QED) is 0.798. The Hall–Kier alpha value is -0.900. The molecule has 5 atom stereocenters. The lowest BCUT2D eigenvalue weighted by Crippen LogP contribution is -2.46. The molecule has 4 nitrogen and oxygen atoms in total. The maximum absolute atomic E-state index is 12.2. The van der Waals surface area contributed by atoms with Gasteiger partial charge >= 0.3 is 5.97 Å². The summed E-state index contributed by atoms with van der Waals surface area (Å²) in [4.78, 5) is 23.8. The van der Waals surface area contributed by atoms with Crippen molar-refractivity contribution < 1.29 is 19.8 Å². The van der Waals surface area contributed by atoms with E-state index in [1.54, 1.807) is 0 Å². The van der Waals surface area contributed by atoms with Crippen LogP contribution in [0.1, 0.15) is 39.5 Å². The Labute approximate surface area is 113 Å². The molecule has 3 fully saturated rings. The third kappa shape index (κ3) is 1.44. The first-order valence-corrected chi connectivity index (χ1v) is 7.21. The molecule has 3 saturated carbocycles. The van der Waals surface area contributed by atoms with Crippen molar-refractivity contribution in [2.24, 2.45) is 34.5 Å². The molecule has 0 saturated heterocycles. The summed E-state index contributed by atoms with van der Waals surface area (Å²) >= 11 is 0. The zero-order chi connectivity index (χ0) is 14.0. The highest BCUT2D eigenvalue weighted by molar-refractivity contribution is 5.87. The summed E-state index contributed by atoms with van der Waals surface area (Å²) in [6.07, 6.45) is 2.80. The second kappa shape index (κ2) is 3.81. The first-order chi connectivity index (χ1) is 8.84. The average Bonchev–Trinajstić information content (AvgIpc) is 2.62. The van der Waals surface area contributed by atoms with Gasteiger partial charge in [-0.3, -0.25) is 9.59 Å². The van der Waals surface area contributed by atoms with Crippen molar-refractivity contribution in [2.75, 3.05) is 6.61 Å². The van der Waals surface area contributed by atoms with E-state index in [2.05, 4.69) is 13.8 Å². The van der Waals surface area contributed by atoms with Gasteiger partial charge in [-0.25, -0.2) is 0 Å². The second-order valence-corrected chi connectivity index (χ2v) is 7.36. The number of rotatable bonds is 2. The minimum Gasteiger partial charge on any atom is -0.481 e. The zero-order valence-corrected chi connectivity index (χ0v) is 11.6. The summed E-state index contributed by atoms with van der Waals surface area (Å²) in [7, 11) is 0. The SMILES string of the molecule is CC1(C)C[C@]23[C@H](CO)C(=O)C[C@@H]2[C@H]1CC[C@H]3C(=O)O. The van der Waals surface area contributed by atoms with Gasteiger partial charge < -0.3 is 10.2 Å². The first kappa shape index (κ1) is 13.1. The lowest BCUT2D eigenvalue weighted by molar-refractivity contribution is -0.153. The lowest BCUT2D eigenvalue weighted by atomic mass is 9.59. The molecule has 4 heteroatoms. The van der Waals surface area contributed by atoms with Crippen LogP contribution >= 0.6 is 0 Å². The Morgan fingerprint density at radius 1 is 1.32 bits per heavy atom. The molecule has 3 aliphatic carbocycles. The third-order valence-electron chi connectivity index (χ3n) is 6.30. The van der Waals surface area contributed by atoms with E-state index in [0.29, 0.717) is 18.8 Å². The number of carboxylic acid groups (broad SMARTS) is 1. The van der Waals surface area contributed by atoms with Crippen LogP contribution in [-0.4, -0.2) is 28.6 Å². The smallest absolute Gasteiger partial charge is 0.307 e. The molecule has 3 aliphatic rings. The average molecular weight is 266 g/mol. The highest BCUT2D eigenvalue weighted by atomic mass is 16.4. The number of Topliss-reactive ketones (excluding diaryl/α,β-unsaturated/α-hetero) is 1. The number of ketones is 1. The van der Waals surface area contributed by atoms with Crippen LogP contribution in [0.25, 0.3) is 0 Å². The van der Waals surface area contributed by atoms with Crippen molar-refractivity contribution in [3.63, 3.8) is 0 Å². The lowest BCUT2D eigenvalue weighted by Gasteiger charge is -2.43. The van der Waals surface area contributed by atoms with Gasteiger partial charge in [0.05, 0.1) is 12.5 Å². The largest absolute Gasteiger partial charge is 0.481 e. The molecule has 19 heavy (non-hydrogen) atoms. The predicted octanol–water partition coefficient (Wildman–Crippen LogP) is 1.71. The van der Waals surface area contributed by atoms with Crippen LogP contribution in [0, 0.1) is 34.5 Å². The Morgan fingerprint density at radius 3 is 2.58 bits per heavy atom. The van der Waals surface area contributed by atoms with Crippen LogP contribution in [-0.2, 0) is 9.59 Å². The molecule has 0 spiro atoms. The molecule has 106 valence electrons. The van der Waals surface area contributed by atoms with Gasteiger partial charge in [-0.2, -0.15) is 0 Å². The van der Waals surface area contributed by atoms with Crippen LogP contribution in [0.2, 0.25) is 0 Å². The molecule has 0 heterocycles. The molecule has 0 aromatic rings. The fourth-order valence-electron chi connectivity index (χ4n) is 5.80. The summed E-state index contributed by atoms with van der Waals surface area (Å²) in [5, 5.41) is 19.2. The van der Waals surface area contributed by atoms with E-state index in [0.717, 1.165) is 12.8 Å². The van der Waals surface area contributed by atoms with Crippen LogP contribution in [0.3, 0.4) is 0 Å². The van der Waals surface area contributed by atoms with Crippen LogP contribution in [0.4, 0.5) is 0 Å². The normalized spacial score (nSPS) is 47.2. The highest BCUT2D eigenvalue weighted by Gasteiger charge is 2.70. The summed E-state index contributed by atoms with van der Waals surface area (Å²) in [6, 6.07) is 0. The molecule has 3 rings (SSSR count). The van der Waals surface area contributed by atoms with E-state index in [4.69, 9.17) is 0 Å².